The Hall–Kier alpha value is -1.86. The zero-order chi connectivity index (χ0) is 24.5. The van der Waals surface area contributed by atoms with Gasteiger partial charge in [0, 0.05) is 50.2 Å². The third kappa shape index (κ3) is 5.37. The molecule has 0 saturated carbocycles. The second-order valence-electron chi connectivity index (χ2n) is 10.6. The molecule has 0 unspecified atom stereocenters. The smallest absolute Gasteiger partial charge is 0.136 e. The van der Waals surface area contributed by atoms with Crippen molar-refractivity contribution in [3.05, 3.63) is 46.5 Å². The second-order valence-corrected chi connectivity index (χ2v) is 12.3. The van der Waals surface area contributed by atoms with Crippen LogP contribution in [0.15, 0.2) is 24.3 Å². The van der Waals surface area contributed by atoms with Gasteiger partial charge in [-0.3, -0.25) is 4.57 Å². The molecule has 32 heavy (non-hydrogen) atoms. The van der Waals surface area contributed by atoms with Crippen molar-refractivity contribution < 1.29 is 4.57 Å². The van der Waals surface area contributed by atoms with Gasteiger partial charge in [-0.05, 0) is 70.2 Å². The Morgan fingerprint density at radius 1 is 0.531 bits per heavy atom. The molecule has 1 radical (unpaired) electrons. The van der Waals surface area contributed by atoms with Crippen LogP contribution >= 0.6 is 7.80 Å². The van der Waals surface area contributed by atoms with Gasteiger partial charge in [-0.2, -0.15) is 0 Å². The molecule has 2 rings (SSSR count). The van der Waals surface area contributed by atoms with Crippen LogP contribution < -0.4 is 20.4 Å². The van der Waals surface area contributed by atoms with Crippen LogP contribution in [0.2, 0.25) is 0 Å². The number of rotatable bonds is 8. The molecule has 0 aromatic heterocycles. The minimum absolute atomic E-state index is 0.363. The van der Waals surface area contributed by atoms with Crippen LogP contribution in [0, 0.1) is 0 Å². The van der Waals surface area contributed by atoms with Crippen molar-refractivity contribution in [1.29, 1.82) is 0 Å². The predicted octanol–water partition coefficient (Wildman–Crippen LogP) is 7.09. The van der Waals surface area contributed by atoms with E-state index < -0.39 is 7.80 Å². The first-order valence-electron chi connectivity index (χ1n) is 11.9. The number of anilines is 2. The molecule has 0 heterocycles. The number of benzene rings is 2. The molecule has 0 aliphatic carbocycles. The summed E-state index contributed by atoms with van der Waals surface area (Å²) in [7, 11) is 6.75. The molecule has 0 fully saturated rings. The van der Waals surface area contributed by atoms with Crippen LogP contribution in [0.1, 0.15) is 101 Å². The van der Waals surface area contributed by atoms with Crippen molar-refractivity contribution >= 4 is 29.8 Å². The highest BCUT2D eigenvalue weighted by Gasteiger charge is 2.23. The highest BCUT2D eigenvalue weighted by molar-refractivity contribution is 7.61. The van der Waals surface area contributed by atoms with E-state index in [1.807, 2.05) is 0 Å². The lowest BCUT2D eigenvalue weighted by molar-refractivity contribution is 0.598. The SMILES string of the molecule is CC(C)c1cc([P](=O)c2cc(C(C)C)c(N(C)C)c(C(C)C)c2)cc(C(C)C)c1N(C)C. The lowest BCUT2D eigenvalue weighted by Gasteiger charge is -2.27. The molecule has 2 aromatic carbocycles. The third-order valence-corrected chi connectivity index (χ3v) is 7.61. The molecule has 2 aromatic rings. The first kappa shape index (κ1) is 26.4. The summed E-state index contributed by atoms with van der Waals surface area (Å²) >= 11 is 0. The van der Waals surface area contributed by atoms with E-state index in [2.05, 4.69) is 118 Å². The summed E-state index contributed by atoms with van der Waals surface area (Å²) in [5.74, 6) is 1.45. The Labute approximate surface area is 198 Å². The maximum Gasteiger partial charge on any atom is 0.136 e. The van der Waals surface area contributed by atoms with Crippen molar-refractivity contribution in [2.75, 3.05) is 38.0 Å². The molecular formula is C28H44N2OP. The molecule has 4 heteroatoms. The van der Waals surface area contributed by atoms with Crippen LogP contribution in [0.5, 0.6) is 0 Å². The average Bonchev–Trinajstić information content (AvgIpc) is 2.70. The Morgan fingerprint density at radius 3 is 0.906 bits per heavy atom. The maximum absolute atomic E-state index is 14.0. The van der Waals surface area contributed by atoms with Crippen molar-refractivity contribution in [1.82, 2.24) is 0 Å². The summed E-state index contributed by atoms with van der Waals surface area (Å²) in [6.45, 7) is 17.8. The van der Waals surface area contributed by atoms with Gasteiger partial charge in [0.25, 0.3) is 0 Å². The van der Waals surface area contributed by atoms with Crippen molar-refractivity contribution in [2.45, 2.75) is 79.1 Å². The Balaban J connectivity index is 2.80. The predicted molar refractivity (Wildman–Crippen MR) is 145 cm³/mol. The van der Waals surface area contributed by atoms with E-state index in [1.165, 1.54) is 33.6 Å². The fraction of sp³-hybridized carbons (Fsp3) is 0.571. The molecule has 0 spiro atoms. The van der Waals surface area contributed by atoms with Crippen LogP contribution in [0.4, 0.5) is 11.4 Å². The Morgan fingerprint density at radius 2 is 0.750 bits per heavy atom. The van der Waals surface area contributed by atoms with Crippen molar-refractivity contribution in [2.24, 2.45) is 0 Å². The normalized spacial score (nSPS) is 11.8. The lowest BCUT2D eigenvalue weighted by Crippen LogP contribution is -2.21. The van der Waals surface area contributed by atoms with Crippen LogP contribution in [-0.4, -0.2) is 28.2 Å². The zero-order valence-corrected chi connectivity index (χ0v) is 23.3. The van der Waals surface area contributed by atoms with Gasteiger partial charge >= 0.3 is 0 Å². The molecule has 0 amide bonds. The monoisotopic (exact) mass is 455 g/mol. The van der Waals surface area contributed by atoms with Crippen molar-refractivity contribution in [3.63, 3.8) is 0 Å². The van der Waals surface area contributed by atoms with Gasteiger partial charge in [0.05, 0.1) is 0 Å². The van der Waals surface area contributed by atoms with E-state index in [-0.39, 0.29) is 0 Å². The van der Waals surface area contributed by atoms with Gasteiger partial charge in [0.2, 0.25) is 0 Å². The topological polar surface area (TPSA) is 23.6 Å². The zero-order valence-electron chi connectivity index (χ0n) is 22.4. The van der Waals surface area contributed by atoms with E-state index in [9.17, 15) is 4.57 Å². The molecular weight excluding hydrogens is 411 g/mol. The van der Waals surface area contributed by atoms with Gasteiger partial charge in [-0.1, -0.05) is 55.4 Å². The summed E-state index contributed by atoms with van der Waals surface area (Å²) in [6, 6.07) is 8.76. The van der Waals surface area contributed by atoms with E-state index in [0.29, 0.717) is 23.7 Å². The summed E-state index contributed by atoms with van der Waals surface area (Å²) < 4.78 is 14.0. The lowest BCUT2D eigenvalue weighted by atomic mass is 9.92. The van der Waals surface area contributed by atoms with Crippen LogP contribution in [-0.2, 0) is 4.57 Å². The first-order valence-corrected chi connectivity index (χ1v) is 13.2. The van der Waals surface area contributed by atoms with Gasteiger partial charge in [-0.15, -0.1) is 0 Å². The number of hydrogen-bond donors (Lipinski definition) is 0. The van der Waals surface area contributed by atoms with Crippen LogP contribution in [0.25, 0.3) is 0 Å². The fourth-order valence-corrected chi connectivity index (χ4v) is 5.83. The maximum atomic E-state index is 14.0. The molecule has 0 N–H and O–H groups in total. The molecule has 0 aliphatic heterocycles. The second kappa shape index (κ2) is 10.4. The third-order valence-electron chi connectivity index (χ3n) is 6.16. The van der Waals surface area contributed by atoms with Crippen molar-refractivity contribution in [3.8, 4) is 0 Å². The minimum Gasteiger partial charge on any atom is -0.377 e. The summed E-state index contributed by atoms with van der Waals surface area (Å²) in [4.78, 5) is 4.42. The highest BCUT2D eigenvalue weighted by atomic mass is 31.1. The van der Waals surface area contributed by atoms with Gasteiger partial charge < -0.3 is 9.80 Å². The molecule has 177 valence electrons. The van der Waals surface area contributed by atoms with E-state index in [4.69, 9.17) is 0 Å². The van der Waals surface area contributed by atoms with Crippen LogP contribution in [0.3, 0.4) is 0 Å². The number of hydrogen-bond acceptors (Lipinski definition) is 3. The molecule has 0 aliphatic rings. The van der Waals surface area contributed by atoms with Gasteiger partial charge in [0.1, 0.15) is 7.80 Å². The number of nitrogens with zero attached hydrogens (tertiary/aromatic N) is 2. The molecule has 0 bridgehead atoms. The minimum atomic E-state index is -1.69. The van der Waals surface area contributed by atoms with Gasteiger partial charge in [-0.25, -0.2) is 0 Å². The summed E-state index contributed by atoms with van der Waals surface area (Å²) in [5, 5.41) is 1.89. The van der Waals surface area contributed by atoms with E-state index in [0.717, 1.165) is 10.6 Å². The highest BCUT2D eigenvalue weighted by Crippen LogP contribution is 2.39. The molecule has 0 saturated heterocycles. The van der Waals surface area contributed by atoms with E-state index in [1.54, 1.807) is 0 Å². The van der Waals surface area contributed by atoms with Gasteiger partial charge in [0.15, 0.2) is 0 Å². The molecule has 0 atom stereocenters. The first-order chi connectivity index (χ1) is 14.8. The summed E-state index contributed by atoms with van der Waals surface area (Å²) in [5.41, 5.74) is 7.65. The summed E-state index contributed by atoms with van der Waals surface area (Å²) in [6.07, 6.45) is 0. The molecule has 3 nitrogen and oxygen atoms in total. The standard InChI is InChI=1S/C28H44N2OP/c1-17(2)23-13-21(14-24(18(3)4)27(23)29(9)10)32(31)22-15-25(19(5)6)28(30(11)12)26(16-22)20(7)8/h13-20H,1-12H3. The Kier molecular flexibility index (Phi) is 8.56. The quantitative estimate of drug-likeness (QED) is 0.397. The Bertz CT molecular complexity index is 836. The average molecular weight is 456 g/mol. The fourth-order valence-electron chi connectivity index (χ4n) is 4.50. The largest absolute Gasteiger partial charge is 0.377 e. The van der Waals surface area contributed by atoms with E-state index >= 15 is 0 Å².